The van der Waals surface area contributed by atoms with Crippen molar-refractivity contribution >= 4 is 38.4 Å². The fourth-order valence-corrected chi connectivity index (χ4v) is 3.93. The highest BCUT2D eigenvalue weighted by atomic mass is 32.2. The van der Waals surface area contributed by atoms with Crippen LogP contribution in [-0.4, -0.2) is 55.0 Å². The molecule has 1 amide bonds. The highest BCUT2D eigenvalue weighted by Crippen LogP contribution is 2.23. The molecule has 1 rings (SSSR count). The van der Waals surface area contributed by atoms with Gasteiger partial charge >= 0.3 is 5.97 Å². The molecule has 0 aromatic carbocycles. The van der Waals surface area contributed by atoms with Crippen LogP contribution in [0.1, 0.15) is 20.3 Å². The van der Waals surface area contributed by atoms with E-state index in [-0.39, 0.29) is 34.9 Å². The lowest BCUT2D eigenvalue weighted by Gasteiger charge is -2.17. The third kappa shape index (κ3) is 4.72. The van der Waals surface area contributed by atoms with E-state index in [0.717, 1.165) is 15.6 Å². The normalized spacial score (nSPS) is 11.4. The minimum Gasteiger partial charge on any atom is -0.469 e. The van der Waals surface area contributed by atoms with Crippen LogP contribution in [0.15, 0.2) is 4.34 Å². The van der Waals surface area contributed by atoms with Crippen molar-refractivity contribution in [3.63, 3.8) is 0 Å². The molecule has 0 saturated carbocycles. The van der Waals surface area contributed by atoms with Crippen LogP contribution in [0.25, 0.3) is 0 Å². The number of esters is 1. The predicted molar refractivity (Wildman–Crippen MR) is 75.3 cm³/mol. The monoisotopic (exact) mass is 336 g/mol. The number of anilines is 1. The number of methoxy groups -OCH3 is 1. The largest absolute Gasteiger partial charge is 0.469 e. The number of hydrogen-bond acceptors (Lipinski definition) is 8. The lowest BCUT2D eigenvalue weighted by atomic mass is 10.4. The van der Waals surface area contributed by atoms with Gasteiger partial charge in [0, 0.05) is 20.0 Å². The van der Waals surface area contributed by atoms with Gasteiger partial charge in [0.25, 0.3) is 10.0 Å². The molecule has 1 N–H and O–H groups in total. The summed E-state index contributed by atoms with van der Waals surface area (Å²) in [6.07, 6.45) is -0.0546. The van der Waals surface area contributed by atoms with E-state index in [1.165, 1.54) is 14.0 Å². The van der Waals surface area contributed by atoms with Crippen molar-refractivity contribution in [3.8, 4) is 0 Å². The summed E-state index contributed by atoms with van der Waals surface area (Å²) < 4.78 is 30.0. The molecule has 0 atom stereocenters. The number of nitrogens with one attached hydrogen (secondary N) is 1. The van der Waals surface area contributed by atoms with Gasteiger partial charge in [-0.15, -0.1) is 10.2 Å². The Morgan fingerprint density at radius 3 is 2.57 bits per heavy atom. The Kier molecular flexibility index (Phi) is 6.18. The van der Waals surface area contributed by atoms with Gasteiger partial charge in [-0.2, -0.15) is 4.31 Å². The number of rotatable bonds is 7. The standard InChI is InChI=1S/C10H16N4O5S2/c1-4-14(6-5-8(16)19-3)21(17,18)10-13-12-9(20-10)11-7(2)15/h4-6H2,1-3H3,(H,11,12,15). The third-order valence-electron chi connectivity index (χ3n) is 2.40. The maximum absolute atomic E-state index is 12.3. The second-order valence-electron chi connectivity index (χ2n) is 3.88. The molecule has 0 aliphatic carbocycles. The highest BCUT2D eigenvalue weighted by molar-refractivity contribution is 7.91. The Labute approximate surface area is 126 Å². The van der Waals surface area contributed by atoms with Crippen LogP contribution in [0.4, 0.5) is 5.13 Å². The van der Waals surface area contributed by atoms with Crippen molar-refractivity contribution < 1.29 is 22.7 Å². The van der Waals surface area contributed by atoms with Crippen LogP contribution in [0.2, 0.25) is 0 Å². The Morgan fingerprint density at radius 2 is 2.05 bits per heavy atom. The molecule has 11 heteroatoms. The fraction of sp³-hybridized carbons (Fsp3) is 0.600. The minimum atomic E-state index is -3.85. The maximum atomic E-state index is 12.3. The van der Waals surface area contributed by atoms with Crippen molar-refractivity contribution in [1.82, 2.24) is 14.5 Å². The zero-order valence-electron chi connectivity index (χ0n) is 11.8. The molecule has 1 aromatic heterocycles. The molecule has 1 aromatic rings. The van der Waals surface area contributed by atoms with Gasteiger partial charge in [0.1, 0.15) is 0 Å². The third-order valence-corrected chi connectivity index (χ3v) is 5.55. The summed E-state index contributed by atoms with van der Waals surface area (Å²) in [6, 6.07) is 0. The number of carbonyl (C=O) groups excluding carboxylic acids is 2. The summed E-state index contributed by atoms with van der Waals surface area (Å²) >= 11 is 0.752. The first-order chi connectivity index (χ1) is 9.81. The molecule has 0 spiro atoms. The van der Waals surface area contributed by atoms with Crippen LogP contribution < -0.4 is 5.32 Å². The average Bonchev–Trinajstić information content (AvgIpc) is 2.87. The number of amides is 1. The molecule has 0 aliphatic heterocycles. The van der Waals surface area contributed by atoms with E-state index in [9.17, 15) is 18.0 Å². The lowest BCUT2D eigenvalue weighted by molar-refractivity contribution is -0.140. The summed E-state index contributed by atoms with van der Waals surface area (Å²) in [5, 5.41) is 9.62. The van der Waals surface area contributed by atoms with Crippen LogP contribution in [0.3, 0.4) is 0 Å². The number of carbonyl (C=O) groups is 2. The van der Waals surface area contributed by atoms with Gasteiger partial charge < -0.3 is 10.1 Å². The number of aromatic nitrogens is 2. The second-order valence-corrected chi connectivity index (χ2v) is 6.97. The van der Waals surface area contributed by atoms with E-state index >= 15 is 0 Å². The summed E-state index contributed by atoms with van der Waals surface area (Å²) in [4.78, 5) is 22.0. The Morgan fingerprint density at radius 1 is 1.38 bits per heavy atom. The molecule has 0 saturated heterocycles. The van der Waals surface area contributed by atoms with Crippen LogP contribution in [-0.2, 0) is 24.3 Å². The zero-order valence-corrected chi connectivity index (χ0v) is 13.5. The molecular formula is C10H16N4O5S2. The molecule has 0 unspecified atom stereocenters. The molecule has 0 aliphatic rings. The Bertz CT molecular complexity index is 613. The van der Waals surface area contributed by atoms with E-state index in [1.807, 2.05) is 0 Å². The van der Waals surface area contributed by atoms with Gasteiger partial charge in [-0.25, -0.2) is 8.42 Å². The number of sulfonamides is 1. The van der Waals surface area contributed by atoms with Crippen LogP contribution in [0.5, 0.6) is 0 Å². The average molecular weight is 336 g/mol. The van der Waals surface area contributed by atoms with E-state index < -0.39 is 16.0 Å². The fourth-order valence-electron chi connectivity index (χ4n) is 1.39. The van der Waals surface area contributed by atoms with Crippen molar-refractivity contribution in [1.29, 1.82) is 0 Å². The topological polar surface area (TPSA) is 119 Å². The lowest BCUT2D eigenvalue weighted by Crippen LogP contribution is -2.33. The quantitative estimate of drug-likeness (QED) is 0.553. The van der Waals surface area contributed by atoms with Gasteiger partial charge in [0.2, 0.25) is 15.4 Å². The van der Waals surface area contributed by atoms with Crippen molar-refractivity contribution in [3.05, 3.63) is 0 Å². The van der Waals surface area contributed by atoms with E-state index in [0.29, 0.717) is 0 Å². The highest BCUT2D eigenvalue weighted by Gasteiger charge is 2.28. The Balaban J connectivity index is 2.88. The Hall–Kier alpha value is -1.59. The molecule has 0 bridgehead atoms. The molecule has 9 nitrogen and oxygen atoms in total. The first kappa shape index (κ1) is 17.5. The van der Waals surface area contributed by atoms with Crippen molar-refractivity contribution in [2.24, 2.45) is 0 Å². The SMILES string of the molecule is CCN(CCC(=O)OC)S(=O)(=O)c1nnc(NC(C)=O)s1. The van der Waals surface area contributed by atoms with E-state index in [4.69, 9.17) is 0 Å². The first-order valence-corrected chi connectivity index (χ1v) is 8.25. The summed E-state index contributed by atoms with van der Waals surface area (Å²) in [5.74, 6) is -0.868. The minimum absolute atomic E-state index is 0.0133. The van der Waals surface area contributed by atoms with E-state index in [2.05, 4.69) is 20.3 Å². The zero-order chi connectivity index (χ0) is 16.0. The number of hydrogen-bond donors (Lipinski definition) is 1. The van der Waals surface area contributed by atoms with Gasteiger partial charge in [0.15, 0.2) is 0 Å². The molecule has 118 valence electrons. The molecular weight excluding hydrogens is 320 g/mol. The summed E-state index contributed by atoms with van der Waals surface area (Å²) in [6.45, 7) is 3.09. The van der Waals surface area contributed by atoms with Crippen LogP contribution >= 0.6 is 11.3 Å². The van der Waals surface area contributed by atoms with Crippen molar-refractivity contribution in [2.45, 2.75) is 24.6 Å². The number of ether oxygens (including phenoxy) is 1. The van der Waals surface area contributed by atoms with E-state index in [1.54, 1.807) is 6.92 Å². The molecule has 21 heavy (non-hydrogen) atoms. The summed E-state index contributed by atoms with van der Waals surface area (Å²) in [5.41, 5.74) is 0. The van der Waals surface area contributed by atoms with Gasteiger partial charge in [-0.3, -0.25) is 9.59 Å². The second kappa shape index (κ2) is 7.43. The maximum Gasteiger partial charge on any atom is 0.306 e. The predicted octanol–water partition coefficient (Wildman–Crippen LogP) is 0.0702. The van der Waals surface area contributed by atoms with Gasteiger partial charge in [-0.1, -0.05) is 18.3 Å². The summed E-state index contributed by atoms with van der Waals surface area (Å²) in [7, 11) is -2.62. The van der Waals surface area contributed by atoms with Gasteiger partial charge in [-0.05, 0) is 0 Å². The number of nitrogens with zero attached hydrogens (tertiary/aromatic N) is 3. The molecule has 1 heterocycles. The molecule has 0 fully saturated rings. The smallest absolute Gasteiger partial charge is 0.306 e. The van der Waals surface area contributed by atoms with Gasteiger partial charge in [0.05, 0.1) is 13.5 Å². The first-order valence-electron chi connectivity index (χ1n) is 5.99. The van der Waals surface area contributed by atoms with Crippen molar-refractivity contribution in [2.75, 3.05) is 25.5 Å². The molecule has 0 radical (unpaired) electrons. The van der Waals surface area contributed by atoms with Crippen LogP contribution in [0, 0.1) is 0 Å².